The van der Waals surface area contributed by atoms with Crippen LogP contribution in [0.5, 0.6) is 0 Å². The number of benzene rings is 2. The minimum absolute atomic E-state index is 0.226. The first-order valence-corrected chi connectivity index (χ1v) is 5.74. The first-order chi connectivity index (χ1) is 9.49. The minimum atomic E-state index is -0.641. The van der Waals surface area contributed by atoms with E-state index >= 15 is 0 Å². The maximum absolute atomic E-state index is 11.0. The van der Waals surface area contributed by atoms with E-state index in [1.807, 2.05) is 6.07 Å². The molecule has 7 heteroatoms. The molecule has 20 heavy (non-hydrogen) atoms. The molecule has 0 heterocycles. The van der Waals surface area contributed by atoms with Gasteiger partial charge in [0.1, 0.15) is 5.69 Å². The molecule has 1 N–H and O–H groups in total. The van der Waals surface area contributed by atoms with Crippen molar-refractivity contribution in [3.8, 4) is 0 Å². The van der Waals surface area contributed by atoms with Crippen molar-refractivity contribution in [2.24, 2.45) is 0 Å². The zero-order valence-electron chi connectivity index (χ0n) is 10.6. The van der Waals surface area contributed by atoms with Crippen LogP contribution in [0.25, 0.3) is 0 Å². The number of nitrogens with one attached hydrogen (secondary N) is 1. The van der Waals surface area contributed by atoms with Crippen LogP contribution in [-0.4, -0.2) is 9.85 Å². The highest BCUT2D eigenvalue weighted by Crippen LogP contribution is 2.33. The van der Waals surface area contributed by atoms with Gasteiger partial charge < -0.3 is 5.32 Å². The van der Waals surface area contributed by atoms with Crippen LogP contribution in [0.2, 0.25) is 0 Å². The fraction of sp³-hybridized carbons (Fsp3) is 0.0769. The quantitative estimate of drug-likeness (QED) is 0.678. The Kier molecular flexibility index (Phi) is 3.60. The van der Waals surface area contributed by atoms with Gasteiger partial charge in [-0.2, -0.15) is 0 Å². The fourth-order valence-electron chi connectivity index (χ4n) is 1.81. The molecule has 2 rings (SSSR count). The van der Waals surface area contributed by atoms with Gasteiger partial charge in [-0.25, -0.2) is 0 Å². The highest BCUT2D eigenvalue weighted by Gasteiger charge is 2.22. The molecule has 2 aromatic carbocycles. The SMILES string of the molecule is Cc1cc(Nc2ccccc2)c([N+](=O)[O-])cc1[N+](=O)[O-]. The van der Waals surface area contributed by atoms with E-state index in [1.165, 1.54) is 13.0 Å². The zero-order chi connectivity index (χ0) is 14.7. The molecule has 0 amide bonds. The second-order valence-electron chi connectivity index (χ2n) is 4.16. The van der Waals surface area contributed by atoms with Gasteiger partial charge in [-0.15, -0.1) is 0 Å². The lowest BCUT2D eigenvalue weighted by Crippen LogP contribution is -2.00. The zero-order valence-corrected chi connectivity index (χ0v) is 10.6. The molecule has 0 spiro atoms. The van der Waals surface area contributed by atoms with Gasteiger partial charge in [0.05, 0.1) is 15.9 Å². The van der Waals surface area contributed by atoms with Crippen LogP contribution < -0.4 is 5.32 Å². The molecule has 0 saturated heterocycles. The average Bonchev–Trinajstić information content (AvgIpc) is 2.39. The number of rotatable bonds is 4. The Morgan fingerprint density at radius 3 is 2.10 bits per heavy atom. The minimum Gasteiger partial charge on any atom is -0.350 e. The van der Waals surface area contributed by atoms with Crippen molar-refractivity contribution in [3.05, 3.63) is 68.3 Å². The first kappa shape index (κ1) is 13.5. The fourth-order valence-corrected chi connectivity index (χ4v) is 1.81. The number of para-hydroxylation sites is 1. The third-order valence-electron chi connectivity index (χ3n) is 2.76. The van der Waals surface area contributed by atoms with Gasteiger partial charge in [0.15, 0.2) is 0 Å². The van der Waals surface area contributed by atoms with E-state index < -0.39 is 9.85 Å². The molecule has 0 aromatic heterocycles. The van der Waals surface area contributed by atoms with Gasteiger partial charge in [0.2, 0.25) is 0 Å². The Morgan fingerprint density at radius 2 is 1.55 bits per heavy atom. The van der Waals surface area contributed by atoms with Crippen molar-refractivity contribution in [2.75, 3.05) is 5.32 Å². The standard InChI is InChI=1S/C13H11N3O4/c1-9-7-11(14-10-5-3-2-4-6-10)13(16(19)20)8-12(9)15(17)18/h2-8,14H,1H3. The van der Waals surface area contributed by atoms with Crippen LogP contribution in [0.4, 0.5) is 22.7 Å². The largest absolute Gasteiger partial charge is 0.350 e. The van der Waals surface area contributed by atoms with Gasteiger partial charge >= 0.3 is 0 Å². The van der Waals surface area contributed by atoms with E-state index in [9.17, 15) is 20.2 Å². The predicted octanol–water partition coefficient (Wildman–Crippen LogP) is 3.56. The van der Waals surface area contributed by atoms with E-state index in [1.54, 1.807) is 24.3 Å². The second-order valence-corrected chi connectivity index (χ2v) is 4.16. The molecule has 0 aliphatic rings. The summed E-state index contributed by atoms with van der Waals surface area (Å²) >= 11 is 0. The van der Waals surface area contributed by atoms with Gasteiger partial charge in [0, 0.05) is 11.3 Å². The molecule has 0 unspecified atom stereocenters. The van der Waals surface area contributed by atoms with Crippen molar-refractivity contribution in [1.29, 1.82) is 0 Å². The normalized spacial score (nSPS) is 10.1. The second kappa shape index (κ2) is 5.35. The lowest BCUT2D eigenvalue weighted by Gasteiger charge is -2.08. The highest BCUT2D eigenvalue weighted by molar-refractivity contribution is 5.73. The number of hydrogen-bond donors (Lipinski definition) is 1. The van der Waals surface area contributed by atoms with Crippen molar-refractivity contribution >= 4 is 22.7 Å². The average molecular weight is 273 g/mol. The van der Waals surface area contributed by atoms with Gasteiger partial charge in [-0.3, -0.25) is 20.2 Å². The Balaban J connectivity index is 2.49. The predicted molar refractivity (Wildman–Crippen MR) is 74.2 cm³/mol. The van der Waals surface area contributed by atoms with E-state index in [-0.39, 0.29) is 17.1 Å². The van der Waals surface area contributed by atoms with Crippen molar-refractivity contribution in [1.82, 2.24) is 0 Å². The van der Waals surface area contributed by atoms with Crippen molar-refractivity contribution in [2.45, 2.75) is 6.92 Å². The Bertz CT molecular complexity index is 671. The monoisotopic (exact) mass is 273 g/mol. The molecule has 0 aliphatic heterocycles. The molecular formula is C13H11N3O4. The lowest BCUT2D eigenvalue weighted by molar-refractivity contribution is -0.394. The lowest BCUT2D eigenvalue weighted by atomic mass is 10.1. The summed E-state index contributed by atoms with van der Waals surface area (Å²) < 4.78 is 0. The number of anilines is 2. The summed E-state index contributed by atoms with van der Waals surface area (Å²) in [7, 11) is 0. The van der Waals surface area contributed by atoms with Crippen molar-refractivity contribution < 1.29 is 9.85 Å². The molecular weight excluding hydrogens is 262 g/mol. The number of nitro groups is 2. The molecule has 0 radical (unpaired) electrons. The summed E-state index contributed by atoms with van der Waals surface area (Å²) in [4.78, 5) is 20.6. The molecule has 2 aromatic rings. The maximum atomic E-state index is 11.0. The van der Waals surface area contributed by atoms with Crippen molar-refractivity contribution in [3.63, 3.8) is 0 Å². The molecule has 0 bridgehead atoms. The molecule has 0 saturated carbocycles. The van der Waals surface area contributed by atoms with Crippen LogP contribution in [-0.2, 0) is 0 Å². The highest BCUT2D eigenvalue weighted by atomic mass is 16.6. The Labute approximate surface area is 114 Å². The summed E-state index contributed by atoms with van der Waals surface area (Å²) in [6.45, 7) is 1.54. The molecule has 102 valence electrons. The Hall–Kier alpha value is -2.96. The third-order valence-corrected chi connectivity index (χ3v) is 2.76. The van der Waals surface area contributed by atoms with E-state index in [0.29, 0.717) is 11.3 Å². The van der Waals surface area contributed by atoms with Crippen LogP contribution in [0.3, 0.4) is 0 Å². The van der Waals surface area contributed by atoms with Gasteiger partial charge in [0.25, 0.3) is 11.4 Å². The molecule has 7 nitrogen and oxygen atoms in total. The van der Waals surface area contributed by atoms with Crippen LogP contribution in [0.15, 0.2) is 42.5 Å². The summed E-state index contributed by atoms with van der Waals surface area (Å²) in [6.07, 6.45) is 0. The Morgan fingerprint density at radius 1 is 0.950 bits per heavy atom. The summed E-state index contributed by atoms with van der Waals surface area (Å²) in [5.41, 5.74) is 0.661. The van der Waals surface area contributed by atoms with Crippen LogP contribution in [0.1, 0.15) is 5.56 Å². The smallest absolute Gasteiger partial charge is 0.299 e. The van der Waals surface area contributed by atoms with Gasteiger partial charge in [-0.05, 0) is 25.1 Å². The summed E-state index contributed by atoms with van der Waals surface area (Å²) in [6, 6.07) is 11.3. The van der Waals surface area contributed by atoms with Crippen LogP contribution >= 0.6 is 0 Å². The molecule has 0 aliphatic carbocycles. The first-order valence-electron chi connectivity index (χ1n) is 5.74. The number of nitro benzene ring substituents is 2. The van der Waals surface area contributed by atoms with E-state index in [0.717, 1.165) is 6.07 Å². The summed E-state index contributed by atoms with van der Waals surface area (Å²) in [5.74, 6) is 0. The van der Waals surface area contributed by atoms with E-state index in [4.69, 9.17) is 0 Å². The molecule has 0 fully saturated rings. The summed E-state index contributed by atoms with van der Waals surface area (Å²) in [5, 5.41) is 24.8. The molecule has 0 atom stereocenters. The number of hydrogen-bond acceptors (Lipinski definition) is 5. The number of nitrogens with zero attached hydrogens (tertiary/aromatic N) is 2. The third kappa shape index (κ3) is 2.72. The maximum Gasteiger partial charge on any atom is 0.299 e. The van der Waals surface area contributed by atoms with E-state index in [2.05, 4.69) is 5.32 Å². The number of aryl methyl sites for hydroxylation is 1. The topological polar surface area (TPSA) is 98.3 Å². The van der Waals surface area contributed by atoms with Gasteiger partial charge in [-0.1, -0.05) is 18.2 Å². The van der Waals surface area contributed by atoms with Crippen LogP contribution in [0, 0.1) is 27.2 Å².